The smallest absolute Gasteiger partial charge is 0.487 e. The van der Waals surface area contributed by atoms with Crippen molar-refractivity contribution in [2.24, 2.45) is 0 Å². The first-order chi connectivity index (χ1) is 13.1. The zero-order valence-electron chi connectivity index (χ0n) is 14.4. The summed E-state index contributed by atoms with van der Waals surface area (Å²) in [6, 6.07) is 0. The molecular weight excluding hydrogens is 465 g/mol. The molecule has 0 radical (unpaired) electrons. The highest BCUT2D eigenvalue weighted by atomic mass is 31.3. The number of nitrogens with zero attached hydrogens (tertiary/aromatic N) is 1. The molecule has 1 aliphatic rings. The Morgan fingerprint density at radius 2 is 1.86 bits per heavy atom. The Balaban J connectivity index is 2.03. The second-order valence-corrected chi connectivity index (χ2v) is 10.2. The van der Waals surface area contributed by atoms with Gasteiger partial charge in [-0.2, -0.15) is 4.31 Å². The number of ether oxygens (including phenoxy) is 1. The third-order valence-electron chi connectivity index (χ3n) is 3.47. The molecule has 1 fully saturated rings. The summed E-state index contributed by atoms with van der Waals surface area (Å²) < 4.78 is 50.9. The van der Waals surface area contributed by atoms with E-state index in [2.05, 4.69) is 13.1 Å². The zero-order valence-corrected chi connectivity index (χ0v) is 17.1. The first kappa shape index (κ1) is 24.3. The molecule has 19 heteroatoms. The predicted octanol–water partition coefficient (Wildman–Crippen LogP) is -1.80. The maximum atomic E-state index is 11.8. The average molecular weight is 481 g/mol. The van der Waals surface area contributed by atoms with Crippen LogP contribution in [0.1, 0.15) is 18.2 Å². The number of aliphatic hydroxyl groups excluding tert-OH is 1. The summed E-state index contributed by atoms with van der Waals surface area (Å²) in [4.78, 5) is 62.4. The van der Waals surface area contributed by atoms with Gasteiger partial charge in [0, 0.05) is 18.2 Å². The monoisotopic (exact) mass is 481 g/mol. The quantitative estimate of drug-likeness (QED) is 0.257. The Hall–Kier alpha value is -0.990. The number of hydrogen-bond acceptors (Lipinski definition) is 11. The second kappa shape index (κ2) is 8.63. The van der Waals surface area contributed by atoms with Crippen molar-refractivity contribution < 1.29 is 56.3 Å². The van der Waals surface area contributed by atoms with E-state index >= 15 is 0 Å². The summed E-state index contributed by atoms with van der Waals surface area (Å²) in [5.41, 5.74) is -1.28. The van der Waals surface area contributed by atoms with Crippen LogP contribution in [0.15, 0.2) is 15.8 Å². The lowest BCUT2D eigenvalue weighted by molar-refractivity contribution is -0.212. The fourth-order valence-electron chi connectivity index (χ4n) is 2.30. The highest BCUT2D eigenvalue weighted by Crippen LogP contribution is 2.65. The van der Waals surface area contributed by atoms with E-state index in [1.54, 1.807) is 0 Å². The van der Waals surface area contributed by atoms with Crippen molar-refractivity contribution in [3.63, 3.8) is 0 Å². The molecule has 0 aromatic carbocycles. The van der Waals surface area contributed by atoms with Gasteiger partial charge in [0.25, 0.3) is 13.4 Å². The van der Waals surface area contributed by atoms with Crippen LogP contribution in [-0.2, 0) is 31.6 Å². The van der Waals surface area contributed by atoms with E-state index in [4.69, 9.17) is 14.5 Å². The summed E-state index contributed by atoms with van der Waals surface area (Å²) in [5.74, 6) is 0. The molecule has 0 spiro atoms. The van der Waals surface area contributed by atoms with Crippen molar-refractivity contribution in [1.82, 2.24) is 9.55 Å². The van der Waals surface area contributed by atoms with Gasteiger partial charge in [0.05, 0.1) is 12.7 Å². The Morgan fingerprint density at radius 3 is 2.45 bits per heavy atom. The molecule has 0 aliphatic carbocycles. The van der Waals surface area contributed by atoms with E-state index in [1.807, 2.05) is 4.98 Å². The highest BCUT2D eigenvalue weighted by Gasteiger charge is 2.41. The molecule has 29 heavy (non-hydrogen) atoms. The minimum Gasteiger partial charge on any atom is -0.756 e. The van der Waals surface area contributed by atoms with Gasteiger partial charge in [-0.1, -0.05) is 0 Å². The lowest BCUT2D eigenvalue weighted by Gasteiger charge is -2.21. The highest BCUT2D eigenvalue weighted by molar-refractivity contribution is 7.66. The summed E-state index contributed by atoms with van der Waals surface area (Å²) in [5, 5.41) is 9.97. The van der Waals surface area contributed by atoms with E-state index in [0.717, 1.165) is 4.57 Å². The Bertz CT molecular complexity index is 1010. The standard InChI is InChI=1S/C10H17N2O14P3/c1-5-3-12(10(15)11-9(5)14)8-2-6(13)7(24-8)4-23-28(19,20)26-29(21,22)25-27(16,17)18/h3,6-8,13H,2,4H2,1H3,(H,19,20)(H,21,22)(H,11,14,15)(H2,16,17,18)/p-1. The first-order valence-electron chi connectivity index (χ1n) is 7.51. The lowest BCUT2D eigenvalue weighted by atomic mass is 10.2. The lowest BCUT2D eigenvalue weighted by Crippen LogP contribution is -2.33. The fraction of sp³-hybridized carbons (Fsp3) is 0.600. The number of hydrogen-bond donors (Lipinski definition) is 5. The number of aromatic amines is 1. The van der Waals surface area contributed by atoms with Gasteiger partial charge in [0.2, 0.25) is 0 Å². The molecule has 6 unspecified atom stereocenters. The normalized spacial score (nSPS) is 28.4. The van der Waals surface area contributed by atoms with Crippen LogP contribution in [0, 0.1) is 6.92 Å². The fourth-order valence-corrected chi connectivity index (χ4v) is 5.30. The first-order valence-corrected chi connectivity index (χ1v) is 12.0. The molecule has 1 aliphatic heterocycles. The molecule has 2 rings (SSSR count). The number of aromatic nitrogens is 2. The van der Waals surface area contributed by atoms with Crippen molar-refractivity contribution in [2.45, 2.75) is 31.8 Å². The summed E-state index contributed by atoms with van der Waals surface area (Å²) >= 11 is 0. The second-order valence-electron chi connectivity index (χ2n) is 5.78. The number of nitrogens with one attached hydrogen (secondary N) is 1. The largest absolute Gasteiger partial charge is 0.756 e. The van der Waals surface area contributed by atoms with E-state index in [0.29, 0.717) is 0 Å². The van der Waals surface area contributed by atoms with Crippen LogP contribution < -0.4 is 16.1 Å². The number of phosphoric ester groups is 1. The van der Waals surface area contributed by atoms with Gasteiger partial charge in [0.1, 0.15) is 12.3 Å². The number of phosphoric acid groups is 3. The summed E-state index contributed by atoms with van der Waals surface area (Å²) in [7, 11) is -16.9. The molecule has 166 valence electrons. The molecule has 1 aromatic rings. The molecule has 0 saturated carbocycles. The summed E-state index contributed by atoms with van der Waals surface area (Å²) in [6.07, 6.45) is -2.71. The van der Waals surface area contributed by atoms with Crippen LogP contribution >= 0.6 is 23.5 Å². The van der Waals surface area contributed by atoms with Gasteiger partial charge >= 0.3 is 21.3 Å². The Labute approximate surface area is 161 Å². The van der Waals surface area contributed by atoms with Crippen molar-refractivity contribution >= 4 is 23.5 Å². The van der Waals surface area contributed by atoms with Crippen LogP contribution in [0.4, 0.5) is 0 Å². The van der Waals surface area contributed by atoms with Gasteiger partial charge in [-0.05, 0) is 6.92 Å². The van der Waals surface area contributed by atoms with Gasteiger partial charge < -0.3 is 29.4 Å². The molecule has 6 atom stereocenters. The molecule has 16 nitrogen and oxygen atoms in total. The van der Waals surface area contributed by atoms with E-state index in [1.165, 1.54) is 13.1 Å². The van der Waals surface area contributed by atoms with Crippen molar-refractivity contribution in [3.8, 4) is 0 Å². The maximum absolute atomic E-state index is 11.8. The minimum atomic E-state index is -5.78. The number of H-pyrrole nitrogens is 1. The van der Waals surface area contributed by atoms with Crippen LogP contribution in [0.5, 0.6) is 0 Å². The van der Waals surface area contributed by atoms with E-state index in [-0.39, 0.29) is 12.0 Å². The van der Waals surface area contributed by atoms with Gasteiger partial charge in [-0.3, -0.25) is 23.4 Å². The third-order valence-corrected chi connectivity index (χ3v) is 7.25. The number of aliphatic hydroxyl groups is 1. The Morgan fingerprint density at radius 1 is 1.24 bits per heavy atom. The number of aryl methyl sites for hydroxylation is 1. The molecule has 0 amide bonds. The van der Waals surface area contributed by atoms with Crippen LogP contribution in [0.2, 0.25) is 0 Å². The molecular formula is C10H16N2O14P3-. The summed E-state index contributed by atoms with van der Waals surface area (Å²) in [6.45, 7) is 0.527. The van der Waals surface area contributed by atoms with Crippen molar-refractivity contribution in [2.75, 3.05) is 6.61 Å². The van der Waals surface area contributed by atoms with E-state index < -0.39 is 59.8 Å². The maximum Gasteiger partial charge on any atom is 0.487 e. The number of rotatable bonds is 8. The van der Waals surface area contributed by atoms with Crippen LogP contribution in [0.25, 0.3) is 0 Å². The average Bonchev–Trinajstić information content (AvgIpc) is 2.86. The third kappa shape index (κ3) is 7.03. The minimum absolute atomic E-state index is 0.175. The zero-order chi connectivity index (χ0) is 22.2. The predicted molar refractivity (Wildman–Crippen MR) is 88.2 cm³/mol. The van der Waals surface area contributed by atoms with Crippen LogP contribution in [-0.4, -0.2) is 48.2 Å². The van der Waals surface area contributed by atoms with Crippen LogP contribution in [0.3, 0.4) is 0 Å². The van der Waals surface area contributed by atoms with Gasteiger partial charge in [0.15, 0.2) is 0 Å². The van der Waals surface area contributed by atoms with E-state index in [9.17, 15) is 38.2 Å². The molecule has 1 aromatic heterocycles. The Kier molecular flexibility index (Phi) is 7.23. The SMILES string of the molecule is Cc1cn(C2CC(O)C(COP(=O)(O)OP(=O)(O)OP(=O)([O-])O)O2)c(=O)[nH]c1=O. The molecule has 5 N–H and O–H groups in total. The molecule has 0 bridgehead atoms. The van der Waals surface area contributed by atoms with Gasteiger partial charge in [-0.25, -0.2) is 18.2 Å². The molecule has 2 heterocycles. The van der Waals surface area contributed by atoms with Crippen molar-refractivity contribution in [1.29, 1.82) is 0 Å². The van der Waals surface area contributed by atoms with Crippen molar-refractivity contribution in [3.05, 3.63) is 32.6 Å². The molecule has 1 saturated heterocycles. The van der Waals surface area contributed by atoms with Gasteiger partial charge in [-0.15, -0.1) is 0 Å². The topological polar surface area (TPSA) is 247 Å².